The lowest BCUT2D eigenvalue weighted by Crippen LogP contribution is -1.99. The Labute approximate surface area is 71.1 Å². The lowest BCUT2D eigenvalue weighted by Gasteiger charge is -1.98. The molecule has 0 radical (unpaired) electrons. The molecule has 0 amide bonds. The highest BCUT2D eigenvalue weighted by Crippen LogP contribution is 2.04. The smallest absolute Gasteiger partial charge is 0.330 e. The Bertz CT molecular complexity index is 205. The van der Waals surface area contributed by atoms with Crippen LogP contribution in [0.25, 0.3) is 0 Å². The summed E-state index contributed by atoms with van der Waals surface area (Å²) in [5.41, 5.74) is 0.201. The Balaban J connectivity index is 3.27. The molecule has 0 rings (SSSR count). The fourth-order valence-corrected chi connectivity index (χ4v) is 0.665. The van der Waals surface area contributed by atoms with Crippen molar-refractivity contribution in [2.75, 3.05) is 6.61 Å². The number of aliphatic carboxylic acids is 1. The average molecular weight is 169 g/mol. The first kappa shape index (κ1) is 10.5. The minimum atomic E-state index is -0.962. The maximum absolute atomic E-state index is 10.2. The lowest BCUT2D eigenvalue weighted by molar-refractivity contribution is -0.132. The van der Waals surface area contributed by atoms with Gasteiger partial charge in [0.15, 0.2) is 0 Å². The molecule has 0 aromatic rings. The van der Waals surface area contributed by atoms with Crippen molar-refractivity contribution < 1.29 is 14.6 Å². The highest BCUT2D eigenvalue weighted by atomic mass is 16.5. The van der Waals surface area contributed by atoms with Gasteiger partial charge < -0.3 is 9.84 Å². The monoisotopic (exact) mass is 169 g/mol. The van der Waals surface area contributed by atoms with Gasteiger partial charge in [0, 0.05) is 5.57 Å². The quantitative estimate of drug-likeness (QED) is 0.369. The molecular formula is C8H11NO3. The first-order valence-corrected chi connectivity index (χ1v) is 3.60. The summed E-state index contributed by atoms with van der Waals surface area (Å²) >= 11 is 0. The van der Waals surface area contributed by atoms with E-state index in [0.717, 1.165) is 0 Å². The van der Waals surface area contributed by atoms with Crippen LogP contribution in [0.15, 0.2) is 12.2 Å². The molecule has 4 nitrogen and oxygen atoms in total. The lowest BCUT2D eigenvalue weighted by atomic mass is 10.1. The average Bonchev–Trinajstić information content (AvgIpc) is 2.03. The van der Waals surface area contributed by atoms with Gasteiger partial charge in [0.2, 0.25) is 0 Å². The molecule has 1 N–H and O–H groups in total. The van der Waals surface area contributed by atoms with E-state index in [1.54, 1.807) is 0 Å². The van der Waals surface area contributed by atoms with Crippen molar-refractivity contribution in [3.05, 3.63) is 12.2 Å². The van der Waals surface area contributed by atoms with Crippen molar-refractivity contribution in [2.45, 2.75) is 19.3 Å². The van der Waals surface area contributed by atoms with Gasteiger partial charge >= 0.3 is 5.97 Å². The first-order valence-electron chi connectivity index (χ1n) is 3.60. The van der Waals surface area contributed by atoms with Crippen LogP contribution in [0, 0.1) is 11.5 Å². The van der Waals surface area contributed by atoms with Gasteiger partial charge in [-0.3, -0.25) is 0 Å². The normalized spacial score (nSPS) is 8.58. The van der Waals surface area contributed by atoms with E-state index in [1.165, 1.54) is 6.26 Å². The third-order valence-corrected chi connectivity index (χ3v) is 1.34. The van der Waals surface area contributed by atoms with Crippen molar-refractivity contribution in [1.29, 1.82) is 5.26 Å². The summed E-state index contributed by atoms with van der Waals surface area (Å²) in [5, 5.41) is 16.4. The summed E-state index contributed by atoms with van der Waals surface area (Å²) in [6.45, 7) is 3.72. The molecule has 0 unspecified atom stereocenters. The molecule has 0 saturated carbocycles. The maximum Gasteiger partial charge on any atom is 0.330 e. The third-order valence-electron chi connectivity index (χ3n) is 1.34. The molecule has 0 heterocycles. The number of nitriles is 1. The summed E-state index contributed by atoms with van der Waals surface area (Å²) < 4.78 is 4.40. The topological polar surface area (TPSA) is 70.3 Å². The Kier molecular flexibility index (Phi) is 5.45. The molecular weight excluding hydrogens is 158 g/mol. The summed E-state index contributed by atoms with van der Waals surface area (Å²) in [5.74, 6) is -0.962. The van der Waals surface area contributed by atoms with Crippen molar-refractivity contribution >= 4 is 5.97 Å². The molecule has 0 bridgehead atoms. The molecule has 0 aromatic carbocycles. The number of nitrogens with zero attached hydrogens (tertiary/aromatic N) is 1. The van der Waals surface area contributed by atoms with E-state index < -0.39 is 5.97 Å². The van der Waals surface area contributed by atoms with Crippen molar-refractivity contribution in [3.8, 4) is 6.26 Å². The van der Waals surface area contributed by atoms with E-state index in [9.17, 15) is 4.79 Å². The van der Waals surface area contributed by atoms with Crippen LogP contribution >= 0.6 is 0 Å². The molecule has 0 atom stereocenters. The van der Waals surface area contributed by atoms with Gasteiger partial charge in [-0.15, -0.1) is 0 Å². The SMILES string of the molecule is C=C(CCCCOC#N)C(=O)O. The number of hydrogen-bond donors (Lipinski definition) is 1. The van der Waals surface area contributed by atoms with Gasteiger partial charge in [-0.25, -0.2) is 4.79 Å². The van der Waals surface area contributed by atoms with Gasteiger partial charge in [-0.05, 0) is 19.3 Å². The van der Waals surface area contributed by atoms with Gasteiger partial charge in [0.1, 0.15) is 6.61 Å². The zero-order valence-electron chi connectivity index (χ0n) is 6.75. The zero-order valence-corrected chi connectivity index (χ0v) is 6.75. The minimum absolute atomic E-state index is 0.201. The molecule has 4 heteroatoms. The maximum atomic E-state index is 10.2. The fourth-order valence-electron chi connectivity index (χ4n) is 0.665. The van der Waals surface area contributed by atoms with Crippen LogP contribution in [-0.4, -0.2) is 17.7 Å². The van der Waals surface area contributed by atoms with Crippen LogP contribution in [0.4, 0.5) is 0 Å². The first-order chi connectivity index (χ1) is 5.68. The molecule has 12 heavy (non-hydrogen) atoms. The fraction of sp³-hybridized carbons (Fsp3) is 0.500. The Hall–Kier alpha value is -1.50. The zero-order chi connectivity index (χ0) is 9.40. The van der Waals surface area contributed by atoms with Crippen LogP contribution in [0.5, 0.6) is 0 Å². The van der Waals surface area contributed by atoms with Gasteiger partial charge in [-0.2, -0.15) is 5.26 Å². The number of unbranched alkanes of at least 4 members (excludes halogenated alkanes) is 1. The summed E-state index contributed by atoms with van der Waals surface area (Å²) in [4.78, 5) is 10.2. The molecule has 0 fully saturated rings. The minimum Gasteiger partial charge on any atom is -0.478 e. The summed E-state index contributed by atoms with van der Waals surface area (Å²) in [6, 6.07) is 0. The molecule has 0 saturated heterocycles. The summed E-state index contributed by atoms with van der Waals surface area (Å²) in [6.07, 6.45) is 3.36. The third kappa shape index (κ3) is 5.30. The number of rotatable bonds is 6. The van der Waals surface area contributed by atoms with Crippen LogP contribution < -0.4 is 0 Å². The second-order valence-electron chi connectivity index (χ2n) is 2.31. The van der Waals surface area contributed by atoms with Crippen LogP contribution in [0.3, 0.4) is 0 Å². The number of hydrogen-bond acceptors (Lipinski definition) is 3. The summed E-state index contributed by atoms with van der Waals surface area (Å²) in [7, 11) is 0. The van der Waals surface area contributed by atoms with Crippen molar-refractivity contribution in [1.82, 2.24) is 0 Å². The standard InChI is InChI=1S/C8H11NO3/c1-7(8(10)11)4-2-3-5-12-6-9/h1-5H2,(H,10,11). The van der Waals surface area contributed by atoms with Gasteiger partial charge in [-0.1, -0.05) is 6.58 Å². The van der Waals surface area contributed by atoms with E-state index in [4.69, 9.17) is 10.4 Å². The van der Waals surface area contributed by atoms with E-state index in [-0.39, 0.29) is 5.57 Å². The second kappa shape index (κ2) is 6.23. The van der Waals surface area contributed by atoms with Crippen LogP contribution in [0.2, 0.25) is 0 Å². The largest absolute Gasteiger partial charge is 0.478 e. The Morgan fingerprint density at radius 3 is 2.75 bits per heavy atom. The van der Waals surface area contributed by atoms with E-state index in [0.29, 0.717) is 25.9 Å². The molecule has 0 aliphatic heterocycles. The molecule has 0 aliphatic carbocycles. The number of carboxylic acids is 1. The Morgan fingerprint density at radius 1 is 1.58 bits per heavy atom. The van der Waals surface area contributed by atoms with Crippen LogP contribution in [0.1, 0.15) is 19.3 Å². The molecule has 66 valence electrons. The predicted octanol–water partition coefficient (Wildman–Crippen LogP) is 1.30. The van der Waals surface area contributed by atoms with Crippen molar-refractivity contribution in [3.63, 3.8) is 0 Å². The second-order valence-corrected chi connectivity index (χ2v) is 2.31. The Morgan fingerprint density at radius 2 is 2.25 bits per heavy atom. The molecule has 0 aromatic heterocycles. The van der Waals surface area contributed by atoms with Crippen molar-refractivity contribution in [2.24, 2.45) is 0 Å². The van der Waals surface area contributed by atoms with E-state index >= 15 is 0 Å². The highest BCUT2D eigenvalue weighted by Gasteiger charge is 2.02. The van der Waals surface area contributed by atoms with Gasteiger partial charge in [0.05, 0.1) is 0 Å². The molecule has 0 aliphatic rings. The predicted molar refractivity (Wildman–Crippen MR) is 42.2 cm³/mol. The van der Waals surface area contributed by atoms with E-state index in [1.807, 2.05) is 0 Å². The van der Waals surface area contributed by atoms with Gasteiger partial charge in [0.25, 0.3) is 6.26 Å². The molecule has 0 spiro atoms. The number of carboxylic acid groups (broad SMARTS) is 1. The number of carbonyl (C=O) groups is 1. The van der Waals surface area contributed by atoms with E-state index in [2.05, 4.69) is 11.3 Å². The number of ether oxygens (including phenoxy) is 1. The van der Waals surface area contributed by atoms with Crippen LogP contribution in [-0.2, 0) is 9.53 Å². The highest BCUT2D eigenvalue weighted by molar-refractivity contribution is 5.85.